The third kappa shape index (κ3) is 3.92. The Balaban J connectivity index is 1.70. The molecule has 0 saturated heterocycles. The molecule has 140 valence electrons. The van der Waals surface area contributed by atoms with Crippen molar-refractivity contribution in [2.75, 3.05) is 6.61 Å². The van der Waals surface area contributed by atoms with E-state index in [1.807, 2.05) is 30.3 Å². The lowest BCUT2D eigenvalue weighted by atomic mass is 10.1. The molecule has 0 radical (unpaired) electrons. The van der Waals surface area contributed by atoms with E-state index in [2.05, 4.69) is 10.1 Å². The Kier molecular flexibility index (Phi) is 5.40. The highest BCUT2D eigenvalue weighted by Crippen LogP contribution is 2.22. The molecule has 7 nitrogen and oxygen atoms in total. The Morgan fingerprint density at radius 3 is 2.56 bits per heavy atom. The van der Waals surface area contributed by atoms with Crippen LogP contribution in [0.1, 0.15) is 44.7 Å². The second kappa shape index (κ2) is 7.90. The van der Waals surface area contributed by atoms with E-state index in [0.717, 1.165) is 5.56 Å². The number of aromatic amines is 1. The normalized spacial score (nSPS) is 10.6. The van der Waals surface area contributed by atoms with Crippen LogP contribution in [0, 0.1) is 13.8 Å². The number of benzene rings is 1. The number of nitrogens with one attached hydrogen (secondary N) is 1. The van der Waals surface area contributed by atoms with E-state index in [9.17, 15) is 9.59 Å². The van der Waals surface area contributed by atoms with Gasteiger partial charge in [0.2, 0.25) is 0 Å². The topological polar surface area (TPSA) is 94.4 Å². The fourth-order valence-electron chi connectivity index (χ4n) is 2.79. The van der Waals surface area contributed by atoms with Crippen molar-refractivity contribution in [3.8, 4) is 11.3 Å². The molecule has 27 heavy (non-hydrogen) atoms. The molecular formula is C20H20N2O5. The first-order valence-electron chi connectivity index (χ1n) is 8.55. The largest absolute Gasteiger partial charge is 0.461 e. The molecule has 0 spiro atoms. The Bertz CT molecular complexity index is 956. The number of carbonyl (C=O) groups is 2. The molecule has 2 heterocycles. The summed E-state index contributed by atoms with van der Waals surface area (Å²) in [7, 11) is 0. The minimum absolute atomic E-state index is 0.0338. The zero-order valence-corrected chi connectivity index (χ0v) is 15.4. The molecule has 7 heteroatoms. The lowest BCUT2D eigenvalue weighted by Gasteiger charge is -2.04. The fraction of sp³-hybridized carbons (Fsp3) is 0.250. The smallest absolute Gasteiger partial charge is 0.355 e. The number of H-pyrrole nitrogens is 1. The van der Waals surface area contributed by atoms with E-state index < -0.39 is 11.9 Å². The molecule has 2 aromatic heterocycles. The van der Waals surface area contributed by atoms with Crippen LogP contribution in [0.25, 0.3) is 11.3 Å². The van der Waals surface area contributed by atoms with E-state index >= 15 is 0 Å². The summed E-state index contributed by atoms with van der Waals surface area (Å²) < 4.78 is 15.6. The SMILES string of the molecule is CCOC(=O)c1[nH]c(C)c(C(=O)OCc2cc(-c3ccccc3)on2)c1C. The van der Waals surface area contributed by atoms with Crippen molar-refractivity contribution in [3.05, 3.63) is 64.6 Å². The van der Waals surface area contributed by atoms with Gasteiger partial charge in [-0.2, -0.15) is 0 Å². The summed E-state index contributed by atoms with van der Waals surface area (Å²) in [5.41, 5.74) is 3.02. The van der Waals surface area contributed by atoms with Gasteiger partial charge in [-0.3, -0.25) is 0 Å². The van der Waals surface area contributed by atoms with Gasteiger partial charge in [-0.25, -0.2) is 9.59 Å². The number of rotatable bonds is 6. The van der Waals surface area contributed by atoms with E-state index in [0.29, 0.717) is 28.3 Å². The van der Waals surface area contributed by atoms with Crippen molar-refractivity contribution in [2.45, 2.75) is 27.4 Å². The molecule has 0 fully saturated rings. The highest BCUT2D eigenvalue weighted by molar-refractivity contribution is 5.98. The summed E-state index contributed by atoms with van der Waals surface area (Å²) in [5.74, 6) is -0.442. The van der Waals surface area contributed by atoms with Gasteiger partial charge in [0.05, 0.1) is 12.2 Å². The Hall–Kier alpha value is -3.35. The van der Waals surface area contributed by atoms with Crippen LogP contribution in [-0.4, -0.2) is 28.7 Å². The van der Waals surface area contributed by atoms with E-state index in [4.69, 9.17) is 14.0 Å². The second-order valence-corrected chi connectivity index (χ2v) is 5.97. The van der Waals surface area contributed by atoms with Crippen molar-refractivity contribution in [1.29, 1.82) is 0 Å². The van der Waals surface area contributed by atoms with Crippen LogP contribution in [0.3, 0.4) is 0 Å². The van der Waals surface area contributed by atoms with Crippen LogP contribution in [0.15, 0.2) is 40.9 Å². The highest BCUT2D eigenvalue weighted by Gasteiger charge is 2.24. The van der Waals surface area contributed by atoms with Crippen LogP contribution < -0.4 is 0 Å². The van der Waals surface area contributed by atoms with Crippen LogP contribution >= 0.6 is 0 Å². The monoisotopic (exact) mass is 368 g/mol. The molecule has 0 aliphatic carbocycles. The first kappa shape index (κ1) is 18.4. The number of carbonyl (C=O) groups excluding carboxylic acids is 2. The number of hydrogen-bond acceptors (Lipinski definition) is 6. The van der Waals surface area contributed by atoms with Crippen LogP contribution in [0.2, 0.25) is 0 Å². The number of hydrogen-bond donors (Lipinski definition) is 1. The minimum Gasteiger partial charge on any atom is -0.461 e. The molecule has 0 amide bonds. The fourth-order valence-corrected chi connectivity index (χ4v) is 2.79. The number of ether oxygens (including phenoxy) is 2. The van der Waals surface area contributed by atoms with Crippen molar-refractivity contribution in [2.24, 2.45) is 0 Å². The molecule has 0 aliphatic heterocycles. The third-order valence-corrected chi connectivity index (χ3v) is 4.09. The lowest BCUT2D eigenvalue weighted by molar-refractivity contribution is 0.0462. The number of aromatic nitrogens is 2. The van der Waals surface area contributed by atoms with E-state index in [1.165, 1.54) is 0 Å². The van der Waals surface area contributed by atoms with Gasteiger partial charge in [0.1, 0.15) is 18.0 Å². The maximum Gasteiger partial charge on any atom is 0.355 e. The molecule has 3 rings (SSSR count). The maximum atomic E-state index is 12.5. The zero-order valence-electron chi connectivity index (χ0n) is 15.4. The van der Waals surface area contributed by atoms with E-state index in [-0.39, 0.29) is 18.9 Å². The van der Waals surface area contributed by atoms with Crippen molar-refractivity contribution in [3.63, 3.8) is 0 Å². The summed E-state index contributed by atoms with van der Waals surface area (Å²) in [6.07, 6.45) is 0. The van der Waals surface area contributed by atoms with Gasteiger partial charge in [0, 0.05) is 17.3 Å². The van der Waals surface area contributed by atoms with Crippen LogP contribution in [-0.2, 0) is 16.1 Å². The predicted molar refractivity (Wildman–Crippen MR) is 97.3 cm³/mol. The molecule has 0 aliphatic rings. The van der Waals surface area contributed by atoms with Gasteiger partial charge >= 0.3 is 11.9 Å². The molecular weight excluding hydrogens is 348 g/mol. The van der Waals surface area contributed by atoms with Gasteiger partial charge in [0.15, 0.2) is 5.76 Å². The number of esters is 2. The van der Waals surface area contributed by atoms with Gasteiger partial charge in [-0.05, 0) is 26.3 Å². The van der Waals surface area contributed by atoms with Gasteiger partial charge < -0.3 is 19.0 Å². The van der Waals surface area contributed by atoms with Crippen molar-refractivity contribution < 1.29 is 23.6 Å². The predicted octanol–water partition coefficient (Wildman–Crippen LogP) is 3.82. The van der Waals surface area contributed by atoms with Gasteiger partial charge in [-0.1, -0.05) is 35.5 Å². The summed E-state index contributed by atoms with van der Waals surface area (Å²) in [5, 5.41) is 3.93. The molecule has 3 aromatic rings. The first-order chi connectivity index (χ1) is 13.0. The average molecular weight is 368 g/mol. The summed E-state index contributed by atoms with van der Waals surface area (Å²) in [6.45, 7) is 5.33. The third-order valence-electron chi connectivity index (χ3n) is 4.09. The van der Waals surface area contributed by atoms with Gasteiger partial charge in [-0.15, -0.1) is 0 Å². The Morgan fingerprint density at radius 2 is 1.85 bits per heavy atom. The Labute approximate surface area is 156 Å². The second-order valence-electron chi connectivity index (χ2n) is 5.97. The zero-order chi connectivity index (χ0) is 19.4. The maximum absolute atomic E-state index is 12.5. The number of aryl methyl sites for hydroxylation is 1. The summed E-state index contributed by atoms with van der Waals surface area (Å²) in [4.78, 5) is 27.3. The summed E-state index contributed by atoms with van der Waals surface area (Å²) >= 11 is 0. The molecule has 0 unspecified atom stereocenters. The molecule has 1 aromatic carbocycles. The average Bonchev–Trinajstić information content (AvgIpc) is 3.25. The number of nitrogens with zero attached hydrogens (tertiary/aromatic N) is 1. The van der Waals surface area contributed by atoms with Gasteiger partial charge in [0.25, 0.3) is 0 Å². The molecule has 0 atom stereocenters. The van der Waals surface area contributed by atoms with Crippen LogP contribution in [0.4, 0.5) is 0 Å². The first-order valence-corrected chi connectivity index (χ1v) is 8.55. The molecule has 0 saturated carbocycles. The molecule has 1 N–H and O–H groups in total. The summed E-state index contributed by atoms with van der Waals surface area (Å²) in [6, 6.07) is 11.2. The quantitative estimate of drug-likeness (QED) is 0.665. The minimum atomic E-state index is -0.541. The Morgan fingerprint density at radius 1 is 1.11 bits per heavy atom. The highest BCUT2D eigenvalue weighted by atomic mass is 16.5. The lowest BCUT2D eigenvalue weighted by Crippen LogP contribution is -2.09. The van der Waals surface area contributed by atoms with Crippen LogP contribution in [0.5, 0.6) is 0 Å². The van der Waals surface area contributed by atoms with E-state index in [1.54, 1.807) is 26.8 Å². The molecule has 0 bridgehead atoms. The van der Waals surface area contributed by atoms with Crippen molar-refractivity contribution >= 4 is 11.9 Å². The van der Waals surface area contributed by atoms with Crippen molar-refractivity contribution in [1.82, 2.24) is 10.1 Å². The standard InChI is InChI=1S/C20H20N2O5/c1-4-25-20(24)18-12(2)17(13(3)21-18)19(23)26-11-15-10-16(27-22-15)14-8-6-5-7-9-14/h5-10,21H,4,11H2,1-3H3.